The summed E-state index contributed by atoms with van der Waals surface area (Å²) in [7, 11) is 1.63. The van der Waals surface area contributed by atoms with Gasteiger partial charge in [0.15, 0.2) is 0 Å². The summed E-state index contributed by atoms with van der Waals surface area (Å²) in [6.45, 7) is 2.39. The minimum absolute atomic E-state index is 0.167. The highest BCUT2D eigenvalue weighted by Gasteiger charge is 2.51. The molecule has 3 N–H and O–H groups in total. The second kappa shape index (κ2) is 4.31. The van der Waals surface area contributed by atoms with Crippen LogP contribution in [0.3, 0.4) is 0 Å². The largest absolute Gasteiger partial charge is 0.497 e. The molecule has 1 aliphatic carbocycles. The minimum atomic E-state index is -0.880. The van der Waals surface area contributed by atoms with Gasteiger partial charge in [-0.15, -0.1) is 0 Å². The van der Waals surface area contributed by atoms with Crippen molar-refractivity contribution in [1.29, 1.82) is 0 Å². The van der Waals surface area contributed by atoms with Crippen LogP contribution in [0.15, 0.2) is 24.3 Å². The van der Waals surface area contributed by atoms with Gasteiger partial charge >= 0.3 is 0 Å². The zero-order valence-corrected chi connectivity index (χ0v) is 10.6. The molecule has 0 bridgehead atoms. The molecule has 1 unspecified atom stereocenters. The average molecular weight is 235 g/mol. The topological polar surface area (TPSA) is 55.5 Å². The van der Waals surface area contributed by atoms with Gasteiger partial charge < -0.3 is 15.6 Å². The molecule has 17 heavy (non-hydrogen) atoms. The number of rotatable bonds is 4. The lowest BCUT2D eigenvalue weighted by molar-refractivity contribution is -0.116. The molecule has 1 saturated carbocycles. The first-order valence-electron chi connectivity index (χ1n) is 6.13. The Bertz CT molecular complexity index is 391. The van der Waals surface area contributed by atoms with Crippen LogP contribution in [0.4, 0.5) is 0 Å². The van der Waals surface area contributed by atoms with Gasteiger partial charge in [-0.05, 0) is 37.5 Å². The Morgan fingerprint density at radius 2 is 2.18 bits per heavy atom. The molecule has 0 radical (unpaired) electrons. The van der Waals surface area contributed by atoms with Crippen LogP contribution in [-0.4, -0.2) is 18.8 Å². The molecule has 0 aromatic heterocycles. The summed E-state index contributed by atoms with van der Waals surface area (Å²) in [6, 6.07) is 7.63. The van der Waals surface area contributed by atoms with E-state index in [-0.39, 0.29) is 5.41 Å². The van der Waals surface area contributed by atoms with Crippen LogP contribution in [0.5, 0.6) is 5.75 Å². The van der Waals surface area contributed by atoms with Gasteiger partial charge in [-0.1, -0.05) is 18.6 Å². The van der Waals surface area contributed by atoms with Crippen molar-refractivity contribution in [3.63, 3.8) is 0 Å². The van der Waals surface area contributed by atoms with E-state index in [4.69, 9.17) is 10.5 Å². The van der Waals surface area contributed by atoms with Gasteiger partial charge in [-0.2, -0.15) is 0 Å². The predicted molar refractivity (Wildman–Crippen MR) is 67.9 cm³/mol. The van der Waals surface area contributed by atoms with Gasteiger partial charge in [0.25, 0.3) is 0 Å². The van der Waals surface area contributed by atoms with E-state index in [9.17, 15) is 5.11 Å². The lowest BCUT2D eigenvalue weighted by Crippen LogP contribution is -2.53. The highest BCUT2D eigenvalue weighted by Crippen LogP contribution is 2.53. The number of methoxy groups -OCH3 is 1. The monoisotopic (exact) mass is 235 g/mol. The van der Waals surface area contributed by atoms with Crippen LogP contribution in [0.25, 0.3) is 0 Å². The molecule has 1 atom stereocenters. The van der Waals surface area contributed by atoms with Gasteiger partial charge in [0, 0.05) is 12.0 Å². The van der Waals surface area contributed by atoms with Gasteiger partial charge in [0.05, 0.1) is 12.7 Å². The smallest absolute Gasteiger partial charge is 0.119 e. The molecule has 3 nitrogen and oxygen atoms in total. The summed E-state index contributed by atoms with van der Waals surface area (Å²) in [4.78, 5) is 0. The van der Waals surface area contributed by atoms with Gasteiger partial charge in [0.1, 0.15) is 5.75 Å². The van der Waals surface area contributed by atoms with Crippen molar-refractivity contribution in [3.8, 4) is 5.75 Å². The normalized spacial score (nSPS) is 21.4. The maximum atomic E-state index is 10.8. The molecule has 1 aliphatic rings. The van der Waals surface area contributed by atoms with E-state index in [1.54, 1.807) is 7.11 Å². The molecule has 0 aliphatic heterocycles. The lowest BCUT2D eigenvalue weighted by atomic mass is 9.57. The van der Waals surface area contributed by atoms with Crippen LogP contribution in [-0.2, 0) is 5.60 Å². The van der Waals surface area contributed by atoms with Crippen LogP contribution >= 0.6 is 0 Å². The predicted octanol–water partition coefficient (Wildman–Crippen LogP) is 2.03. The fourth-order valence-corrected chi connectivity index (χ4v) is 2.73. The number of aliphatic hydroxyl groups is 1. The van der Waals surface area contributed by atoms with Crippen molar-refractivity contribution < 1.29 is 9.84 Å². The molecule has 0 heterocycles. The molecule has 1 aromatic carbocycles. The van der Waals surface area contributed by atoms with Crippen molar-refractivity contribution in [1.82, 2.24) is 0 Å². The highest BCUT2D eigenvalue weighted by molar-refractivity contribution is 5.34. The zero-order chi connectivity index (χ0) is 12.5. The van der Waals surface area contributed by atoms with Crippen LogP contribution in [0.2, 0.25) is 0 Å². The third-order valence-corrected chi connectivity index (χ3v) is 4.37. The highest BCUT2D eigenvalue weighted by atomic mass is 16.5. The fourth-order valence-electron chi connectivity index (χ4n) is 2.73. The Hall–Kier alpha value is -1.06. The van der Waals surface area contributed by atoms with Gasteiger partial charge in [-0.3, -0.25) is 0 Å². The minimum Gasteiger partial charge on any atom is -0.497 e. The van der Waals surface area contributed by atoms with Gasteiger partial charge in [0.2, 0.25) is 0 Å². The molecule has 0 spiro atoms. The van der Waals surface area contributed by atoms with E-state index in [1.165, 1.54) is 0 Å². The average Bonchev–Trinajstić information content (AvgIpc) is 2.28. The zero-order valence-electron chi connectivity index (χ0n) is 10.6. The number of ether oxygens (including phenoxy) is 1. The number of hydrogen-bond acceptors (Lipinski definition) is 3. The maximum Gasteiger partial charge on any atom is 0.119 e. The van der Waals surface area contributed by atoms with Crippen LogP contribution < -0.4 is 10.5 Å². The Balaban J connectivity index is 2.36. The third kappa shape index (κ3) is 1.83. The first kappa shape index (κ1) is 12.4. The number of nitrogens with two attached hydrogens (primary N) is 1. The molecule has 94 valence electrons. The maximum absolute atomic E-state index is 10.8. The number of benzene rings is 1. The van der Waals surface area contributed by atoms with Crippen molar-refractivity contribution >= 4 is 0 Å². The van der Waals surface area contributed by atoms with Gasteiger partial charge in [-0.25, -0.2) is 0 Å². The van der Waals surface area contributed by atoms with Crippen LogP contribution in [0.1, 0.15) is 31.7 Å². The second-order valence-corrected chi connectivity index (χ2v) is 5.14. The molecule has 0 amide bonds. The van der Waals surface area contributed by atoms with Crippen molar-refractivity contribution in [2.24, 2.45) is 11.1 Å². The molecular weight excluding hydrogens is 214 g/mol. The summed E-state index contributed by atoms with van der Waals surface area (Å²) >= 11 is 0. The Labute approximate surface area is 103 Å². The van der Waals surface area contributed by atoms with E-state index < -0.39 is 5.60 Å². The Morgan fingerprint density at radius 3 is 2.65 bits per heavy atom. The fraction of sp³-hybridized carbons (Fsp3) is 0.571. The molecular formula is C14H21NO2. The van der Waals surface area contributed by atoms with E-state index >= 15 is 0 Å². The lowest BCUT2D eigenvalue weighted by Gasteiger charge is -2.51. The Kier molecular flexibility index (Phi) is 3.15. The van der Waals surface area contributed by atoms with Crippen LogP contribution in [0, 0.1) is 5.41 Å². The molecule has 1 aromatic rings. The van der Waals surface area contributed by atoms with Crippen molar-refractivity contribution in [2.45, 2.75) is 31.8 Å². The third-order valence-electron chi connectivity index (χ3n) is 4.37. The first-order valence-corrected chi connectivity index (χ1v) is 6.13. The molecule has 3 heteroatoms. The van der Waals surface area contributed by atoms with E-state index in [1.807, 2.05) is 31.2 Å². The summed E-state index contributed by atoms with van der Waals surface area (Å²) in [6.07, 6.45) is 3.14. The molecule has 2 rings (SSSR count). The summed E-state index contributed by atoms with van der Waals surface area (Å²) in [5, 5.41) is 10.8. The summed E-state index contributed by atoms with van der Waals surface area (Å²) in [5.74, 6) is 0.772. The standard InChI is InChI=1S/C14H21NO2/c1-13(16,14(10-15)7-4-8-14)11-5-3-6-12(9-11)17-2/h3,5-6,9,16H,4,7-8,10,15H2,1-2H3. The summed E-state index contributed by atoms with van der Waals surface area (Å²) in [5.41, 5.74) is 5.71. The van der Waals surface area contributed by atoms with Crippen molar-refractivity contribution in [2.75, 3.05) is 13.7 Å². The second-order valence-electron chi connectivity index (χ2n) is 5.14. The number of hydrogen-bond donors (Lipinski definition) is 2. The van der Waals surface area contributed by atoms with E-state index in [0.29, 0.717) is 6.54 Å². The molecule has 0 saturated heterocycles. The molecule has 1 fully saturated rings. The van der Waals surface area contributed by atoms with Crippen molar-refractivity contribution in [3.05, 3.63) is 29.8 Å². The van der Waals surface area contributed by atoms with E-state index in [0.717, 1.165) is 30.6 Å². The SMILES string of the molecule is COc1cccc(C(C)(O)C2(CN)CCC2)c1. The first-order chi connectivity index (χ1) is 8.05. The summed E-state index contributed by atoms with van der Waals surface area (Å²) < 4.78 is 5.21. The quantitative estimate of drug-likeness (QED) is 0.839. The Morgan fingerprint density at radius 1 is 1.47 bits per heavy atom. The van der Waals surface area contributed by atoms with E-state index in [2.05, 4.69) is 0 Å².